The molecule has 0 saturated carbocycles. The lowest BCUT2D eigenvalue weighted by Gasteiger charge is -2.11. The Balaban J connectivity index is 2.40. The summed E-state index contributed by atoms with van der Waals surface area (Å²) < 4.78 is 4.65. The molecule has 0 aromatic carbocycles. The second-order valence-corrected chi connectivity index (χ2v) is 1.91. The molecule has 0 unspecified atom stereocenters. The van der Waals surface area contributed by atoms with Gasteiger partial charge in [-0.05, 0) is 12.0 Å². The maximum absolute atomic E-state index is 10.3. The average Bonchev–Trinajstić information content (AvgIpc) is 1.77. The van der Waals surface area contributed by atoms with Crippen LogP contribution in [0.2, 0.25) is 0 Å². The molecule has 44 valence electrons. The molecule has 2 heteroatoms. The summed E-state index contributed by atoms with van der Waals surface area (Å²) in [5.74, 6) is -0.0996. The summed E-state index contributed by atoms with van der Waals surface area (Å²) in [5, 5.41) is 0. The van der Waals surface area contributed by atoms with E-state index in [0.29, 0.717) is 13.0 Å². The molecule has 0 spiro atoms. The van der Waals surface area contributed by atoms with E-state index in [4.69, 9.17) is 0 Å². The number of carbonyl (C=O) groups is 1. The Morgan fingerprint density at radius 2 is 2.25 bits per heavy atom. The van der Waals surface area contributed by atoms with E-state index in [1.807, 2.05) is 0 Å². The average molecular weight is 112 g/mol. The van der Waals surface area contributed by atoms with E-state index in [2.05, 4.69) is 11.3 Å². The fraction of sp³-hybridized carbons (Fsp3) is 0.500. The van der Waals surface area contributed by atoms with Crippen molar-refractivity contribution < 1.29 is 9.53 Å². The number of carbonyl (C=O) groups excluding carboxylic acids is 1. The summed E-state index contributed by atoms with van der Waals surface area (Å²) in [4.78, 5) is 10.3. The zero-order valence-electron chi connectivity index (χ0n) is 4.64. The second kappa shape index (κ2) is 1.99. The van der Waals surface area contributed by atoms with Gasteiger partial charge in [-0.15, -0.1) is 0 Å². The third kappa shape index (κ3) is 1.09. The normalized spacial score (nSPS) is 20.5. The summed E-state index contributed by atoms with van der Waals surface area (Å²) in [5.41, 5.74) is 1.02. The van der Waals surface area contributed by atoms with Gasteiger partial charge in [-0.2, -0.15) is 0 Å². The lowest BCUT2D eigenvalue weighted by atomic mass is 10.1. The molecular weight excluding hydrogens is 104 g/mol. The van der Waals surface area contributed by atoms with E-state index in [1.165, 1.54) is 0 Å². The summed E-state index contributed by atoms with van der Waals surface area (Å²) in [7, 11) is 0. The Labute approximate surface area is 48.1 Å². The predicted molar refractivity (Wildman–Crippen MR) is 29.3 cm³/mol. The van der Waals surface area contributed by atoms with Gasteiger partial charge >= 0.3 is 5.97 Å². The molecule has 0 N–H and O–H groups in total. The van der Waals surface area contributed by atoms with Crippen LogP contribution >= 0.6 is 0 Å². The standard InChI is InChI=1S/C6H8O2/c1-5-2-3-6(7)8-4-5/h1-4H2. The second-order valence-electron chi connectivity index (χ2n) is 1.91. The lowest BCUT2D eigenvalue weighted by molar-refractivity contribution is -0.144. The molecule has 1 heterocycles. The first kappa shape index (κ1) is 5.35. The molecule has 1 aliphatic heterocycles. The lowest BCUT2D eigenvalue weighted by Crippen LogP contribution is -2.13. The smallest absolute Gasteiger partial charge is 0.306 e. The van der Waals surface area contributed by atoms with Crippen LogP contribution in [0.5, 0.6) is 0 Å². The number of hydrogen-bond donors (Lipinski definition) is 0. The first-order chi connectivity index (χ1) is 3.79. The zero-order chi connectivity index (χ0) is 5.98. The van der Waals surface area contributed by atoms with Gasteiger partial charge in [0.15, 0.2) is 0 Å². The third-order valence-corrected chi connectivity index (χ3v) is 1.12. The van der Waals surface area contributed by atoms with Crippen molar-refractivity contribution >= 4 is 5.97 Å². The molecule has 0 radical (unpaired) electrons. The molecule has 0 bridgehead atoms. The first-order valence-corrected chi connectivity index (χ1v) is 2.61. The van der Waals surface area contributed by atoms with Crippen LogP contribution < -0.4 is 0 Å². The van der Waals surface area contributed by atoms with Crippen LogP contribution in [0.25, 0.3) is 0 Å². The van der Waals surface area contributed by atoms with Gasteiger partial charge in [0.05, 0.1) is 0 Å². The highest BCUT2D eigenvalue weighted by molar-refractivity contribution is 5.70. The summed E-state index contributed by atoms with van der Waals surface area (Å²) >= 11 is 0. The highest BCUT2D eigenvalue weighted by Gasteiger charge is 2.10. The van der Waals surface area contributed by atoms with Gasteiger partial charge in [0.2, 0.25) is 0 Å². The Morgan fingerprint density at radius 1 is 1.50 bits per heavy atom. The van der Waals surface area contributed by atoms with Crippen LogP contribution in [0, 0.1) is 0 Å². The maximum Gasteiger partial charge on any atom is 0.306 e. The highest BCUT2D eigenvalue weighted by atomic mass is 16.5. The molecule has 8 heavy (non-hydrogen) atoms. The van der Waals surface area contributed by atoms with Crippen molar-refractivity contribution in [2.24, 2.45) is 0 Å². The van der Waals surface area contributed by atoms with E-state index in [1.54, 1.807) is 0 Å². The van der Waals surface area contributed by atoms with Crippen molar-refractivity contribution in [1.29, 1.82) is 0 Å². The molecule has 0 amide bonds. The van der Waals surface area contributed by atoms with Gasteiger partial charge in [0.1, 0.15) is 6.61 Å². The Morgan fingerprint density at radius 3 is 2.62 bits per heavy atom. The van der Waals surface area contributed by atoms with Crippen LogP contribution in [0.1, 0.15) is 12.8 Å². The molecule has 0 aliphatic carbocycles. The largest absolute Gasteiger partial charge is 0.461 e. The van der Waals surface area contributed by atoms with E-state index >= 15 is 0 Å². The number of cyclic esters (lactones) is 1. The monoisotopic (exact) mass is 112 g/mol. The number of rotatable bonds is 0. The number of ether oxygens (including phenoxy) is 1. The quantitative estimate of drug-likeness (QED) is 0.343. The minimum Gasteiger partial charge on any atom is -0.461 e. The SMILES string of the molecule is C=C1CCC(=O)OC1. The molecule has 1 rings (SSSR count). The van der Waals surface area contributed by atoms with Gasteiger partial charge in [-0.25, -0.2) is 0 Å². The minimum atomic E-state index is -0.0996. The Bertz CT molecular complexity index is 98.5. The highest BCUT2D eigenvalue weighted by Crippen LogP contribution is 2.09. The van der Waals surface area contributed by atoms with Crippen LogP contribution in [0.4, 0.5) is 0 Å². The van der Waals surface area contributed by atoms with Gasteiger partial charge in [0.25, 0.3) is 0 Å². The Kier molecular flexibility index (Phi) is 1.33. The van der Waals surface area contributed by atoms with Crippen LogP contribution in [-0.4, -0.2) is 12.6 Å². The van der Waals surface area contributed by atoms with E-state index in [-0.39, 0.29) is 5.97 Å². The van der Waals surface area contributed by atoms with Gasteiger partial charge in [-0.3, -0.25) is 4.79 Å². The van der Waals surface area contributed by atoms with Crippen LogP contribution in [0.3, 0.4) is 0 Å². The molecule has 2 nitrogen and oxygen atoms in total. The van der Waals surface area contributed by atoms with Gasteiger partial charge < -0.3 is 4.74 Å². The predicted octanol–water partition coefficient (Wildman–Crippen LogP) is 0.880. The molecular formula is C6H8O2. The molecule has 1 saturated heterocycles. The zero-order valence-corrected chi connectivity index (χ0v) is 4.64. The van der Waals surface area contributed by atoms with Crippen LogP contribution in [-0.2, 0) is 9.53 Å². The fourth-order valence-electron chi connectivity index (χ4n) is 0.606. The van der Waals surface area contributed by atoms with E-state index in [9.17, 15) is 4.79 Å². The van der Waals surface area contributed by atoms with Crippen molar-refractivity contribution in [3.05, 3.63) is 12.2 Å². The van der Waals surface area contributed by atoms with Crippen molar-refractivity contribution in [3.63, 3.8) is 0 Å². The first-order valence-electron chi connectivity index (χ1n) is 2.61. The third-order valence-electron chi connectivity index (χ3n) is 1.12. The Hall–Kier alpha value is -0.790. The molecule has 0 aromatic heterocycles. The van der Waals surface area contributed by atoms with Crippen LogP contribution in [0.15, 0.2) is 12.2 Å². The summed E-state index contributed by atoms with van der Waals surface area (Å²) in [6.07, 6.45) is 1.32. The summed E-state index contributed by atoms with van der Waals surface area (Å²) in [6, 6.07) is 0. The van der Waals surface area contributed by atoms with Crippen molar-refractivity contribution in [2.75, 3.05) is 6.61 Å². The van der Waals surface area contributed by atoms with Gasteiger partial charge in [-0.1, -0.05) is 6.58 Å². The maximum atomic E-state index is 10.3. The number of hydrogen-bond acceptors (Lipinski definition) is 2. The molecule has 1 fully saturated rings. The fourth-order valence-corrected chi connectivity index (χ4v) is 0.606. The van der Waals surface area contributed by atoms with Gasteiger partial charge in [0, 0.05) is 6.42 Å². The molecule has 1 aliphatic rings. The van der Waals surface area contributed by atoms with Crippen molar-refractivity contribution in [1.82, 2.24) is 0 Å². The minimum absolute atomic E-state index is 0.0996. The van der Waals surface area contributed by atoms with Crippen molar-refractivity contribution in [2.45, 2.75) is 12.8 Å². The molecule has 0 atom stereocenters. The van der Waals surface area contributed by atoms with Crippen molar-refractivity contribution in [3.8, 4) is 0 Å². The number of esters is 1. The topological polar surface area (TPSA) is 26.3 Å². The van der Waals surface area contributed by atoms with E-state index in [0.717, 1.165) is 12.0 Å². The van der Waals surface area contributed by atoms with E-state index < -0.39 is 0 Å². The summed E-state index contributed by atoms with van der Waals surface area (Å²) in [6.45, 7) is 4.10. The molecule has 0 aromatic rings.